The second-order valence-corrected chi connectivity index (χ2v) is 6.30. The van der Waals surface area contributed by atoms with Crippen LogP contribution in [0.15, 0.2) is 12.1 Å². The van der Waals surface area contributed by atoms with E-state index in [1.54, 1.807) is 7.11 Å². The summed E-state index contributed by atoms with van der Waals surface area (Å²) in [4.78, 5) is 0. The fourth-order valence-corrected chi connectivity index (χ4v) is 2.74. The summed E-state index contributed by atoms with van der Waals surface area (Å²) < 4.78 is 5.48. The van der Waals surface area contributed by atoms with E-state index in [1.165, 1.54) is 23.1 Å². The SMILES string of the molecule is COc1cc(C)c(C)cc1CNC1CNC(C)(C)C1. The Morgan fingerprint density at radius 3 is 2.58 bits per heavy atom. The fraction of sp³-hybridized carbons (Fsp3) is 0.625. The average Bonchev–Trinajstić information content (AvgIpc) is 2.70. The highest BCUT2D eigenvalue weighted by Gasteiger charge is 2.29. The molecule has 19 heavy (non-hydrogen) atoms. The van der Waals surface area contributed by atoms with Crippen LogP contribution in [0.3, 0.4) is 0 Å². The predicted molar refractivity (Wildman–Crippen MR) is 79.8 cm³/mol. The largest absolute Gasteiger partial charge is 0.496 e. The smallest absolute Gasteiger partial charge is 0.123 e. The number of hydrogen-bond donors (Lipinski definition) is 2. The molecule has 1 aliphatic heterocycles. The van der Waals surface area contributed by atoms with Gasteiger partial charge in [0.1, 0.15) is 5.75 Å². The van der Waals surface area contributed by atoms with Gasteiger partial charge < -0.3 is 15.4 Å². The first-order valence-corrected chi connectivity index (χ1v) is 7.04. The molecule has 0 spiro atoms. The highest BCUT2D eigenvalue weighted by Crippen LogP contribution is 2.24. The summed E-state index contributed by atoms with van der Waals surface area (Å²) in [6.45, 7) is 10.7. The molecular formula is C16H26N2O. The van der Waals surface area contributed by atoms with Crippen LogP contribution in [0.4, 0.5) is 0 Å². The summed E-state index contributed by atoms with van der Waals surface area (Å²) in [5.74, 6) is 0.987. The third-order valence-corrected chi connectivity index (χ3v) is 4.06. The van der Waals surface area contributed by atoms with Crippen molar-refractivity contribution in [3.63, 3.8) is 0 Å². The molecule has 1 aromatic rings. The van der Waals surface area contributed by atoms with Gasteiger partial charge in [-0.05, 0) is 51.3 Å². The van der Waals surface area contributed by atoms with Crippen molar-refractivity contribution < 1.29 is 4.74 Å². The molecule has 106 valence electrons. The number of hydrogen-bond acceptors (Lipinski definition) is 3. The summed E-state index contributed by atoms with van der Waals surface area (Å²) in [5.41, 5.74) is 4.10. The Morgan fingerprint density at radius 1 is 1.32 bits per heavy atom. The van der Waals surface area contributed by atoms with E-state index in [0.29, 0.717) is 6.04 Å². The summed E-state index contributed by atoms with van der Waals surface area (Å²) in [6, 6.07) is 4.90. The molecule has 2 rings (SSSR count). The van der Waals surface area contributed by atoms with Crippen LogP contribution < -0.4 is 15.4 Å². The summed E-state index contributed by atoms with van der Waals surface area (Å²) in [5, 5.41) is 7.17. The highest BCUT2D eigenvalue weighted by atomic mass is 16.5. The summed E-state index contributed by atoms with van der Waals surface area (Å²) >= 11 is 0. The van der Waals surface area contributed by atoms with Gasteiger partial charge in [-0.3, -0.25) is 0 Å². The first kappa shape index (κ1) is 14.4. The molecule has 1 fully saturated rings. The van der Waals surface area contributed by atoms with Gasteiger partial charge >= 0.3 is 0 Å². The Bertz CT molecular complexity index is 454. The number of nitrogens with one attached hydrogen (secondary N) is 2. The topological polar surface area (TPSA) is 33.3 Å². The molecular weight excluding hydrogens is 236 g/mol. The van der Waals surface area contributed by atoms with Crippen LogP contribution in [0.5, 0.6) is 5.75 Å². The molecule has 0 saturated carbocycles. The van der Waals surface area contributed by atoms with Gasteiger partial charge in [-0.15, -0.1) is 0 Å². The molecule has 0 aromatic heterocycles. The van der Waals surface area contributed by atoms with Gasteiger partial charge in [0.15, 0.2) is 0 Å². The predicted octanol–water partition coefficient (Wildman–Crippen LogP) is 2.54. The van der Waals surface area contributed by atoms with Crippen molar-refractivity contribution in [3.8, 4) is 5.75 Å². The highest BCUT2D eigenvalue weighted by molar-refractivity contribution is 5.41. The van der Waals surface area contributed by atoms with Crippen LogP contribution >= 0.6 is 0 Å². The molecule has 1 aromatic carbocycles. The lowest BCUT2D eigenvalue weighted by atomic mass is 10.0. The Kier molecular flexibility index (Phi) is 4.16. The fourth-order valence-electron chi connectivity index (χ4n) is 2.74. The number of benzene rings is 1. The van der Waals surface area contributed by atoms with E-state index >= 15 is 0 Å². The van der Waals surface area contributed by atoms with E-state index in [9.17, 15) is 0 Å². The van der Waals surface area contributed by atoms with Crippen molar-refractivity contribution in [2.45, 2.75) is 52.2 Å². The molecule has 0 bridgehead atoms. The van der Waals surface area contributed by atoms with Crippen molar-refractivity contribution in [1.29, 1.82) is 0 Å². The molecule has 1 heterocycles. The Hall–Kier alpha value is -1.06. The quantitative estimate of drug-likeness (QED) is 0.875. The van der Waals surface area contributed by atoms with E-state index in [0.717, 1.165) is 18.8 Å². The zero-order chi connectivity index (χ0) is 14.0. The summed E-state index contributed by atoms with van der Waals surface area (Å²) in [6.07, 6.45) is 1.17. The van der Waals surface area contributed by atoms with Gasteiger partial charge in [0, 0.05) is 30.2 Å². The van der Waals surface area contributed by atoms with Gasteiger partial charge in [0.2, 0.25) is 0 Å². The van der Waals surface area contributed by atoms with Crippen LogP contribution in [-0.2, 0) is 6.54 Å². The standard InChI is InChI=1S/C16H26N2O/c1-11-6-13(15(19-5)7-12(11)2)9-17-14-8-16(3,4)18-10-14/h6-7,14,17-18H,8-10H2,1-5H3. The Balaban J connectivity index is 2.01. The lowest BCUT2D eigenvalue weighted by molar-refractivity contribution is 0.403. The van der Waals surface area contributed by atoms with E-state index in [4.69, 9.17) is 4.74 Å². The van der Waals surface area contributed by atoms with Crippen LogP contribution in [-0.4, -0.2) is 25.2 Å². The third-order valence-electron chi connectivity index (χ3n) is 4.06. The van der Waals surface area contributed by atoms with Crippen molar-refractivity contribution in [2.24, 2.45) is 0 Å². The number of rotatable bonds is 4. The minimum atomic E-state index is 0.255. The molecule has 1 atom stereocenters. The van der Waals surface area contributed by atoms with Crippen molar-refractivity contribution in [2.75, 3.05) is 13.7 Å². The molecule has 3 nitrogen and oxygen atoms in total. The maximum atomic E-state index is 5.48. The lowest BCUT2D eigenvalue weighted by Gasteiger charge is -2.18. The molecule has 1 unspecified atom stereocenters. The molecule has 0 radical (unpaired) electrons. The molecule has 2 N–H and O–H groups in total. The maximum Gasteiger partial charge on any atom is 0.123 e. The van der Waals surface area contributed by atoms with Crippen LogP contribution in [0.25, 0.3) is 0 Å². The maximum absolute atomic E-state index is 5.48. The first-order chi connectivity index (χ1) is 8.91. The molecule has 0 aliphatic carbocycles. The lowest BCUT2D eigenvalue weighted by Crippen LogP contribution is -2.31. The second-order valence-electron chi connectivity index (χ2n) is 6.30. The molecule has 0 amide bonds. The molecule has 1 aliphatic rings. The zero-order valence-corrected chi connectivity index (χ0v) is 12.8. The molecule has 3 heteroatoms. The van der Waals surface area contributed by atoms with Gasteiger partial charge in [-0.1, -0.05) is 6.07 Å². The van der Waals surface area contributed by atoms with E-state index in [2.05, 4.69) is 50.5 Å². The van der Waals surface area contributed by atoms with Crippen molar-refractivity contribution >= 4 is 0 Å². The third kappa shape index (κ3) is 3.48. The van der Waals surface area contributed by atoms with Crippen LogP contribution in [0.2, 0.25) is 0 Å². The minimum Gasteiger partial charge on any atom is -0.496 e. The van der Waals surface area contributed by atoms with Gasteiger partial charge in [0.05, 0.1) is 7.11 Å². The van der Waals surface area contributed by atoms with E-state index in [-0.39, 0.29) is 5.54 Å². The minimum absolute atomic E-state index is 0.255. The number of methoxy groups -OCH3 is 1. The Labute approximate surface area is 116 Å². The molecule has 1 saturated heterocycles. The van der Waals surface area contributed by atoms with Gasteiger partial charge in [-0.2, -0.15) is 0 Å². The van der Waals surface area contributed by atoms with E-state index < -0.39 is 0 Å². The Morgan fingerprint density at radius 2 is 2.00 bits per heavy atom. The summed E-state index contributed by atoms with van der Waals surface area (Å²) in [7, 11) is 1.74. The van der Waals surface area contributed by atoms with Gasteiger partial charge in [0.25, 0.3) is 0 Å². The average molecular weight is 262 g/mol. The van der Waals surface area contributed by atoms with E-state index in [1.807, 2.05) is 0 Å². The zero-order valence-electron chi connectivity index (χ0n) is 12.8. The number of aryl methyl sites for hydroxylation is 2. The normalized spacial score (nSPS) is 21.6. The van der Waals surface area contributed by atoms with Crippen molar-refractivity contribution in [3.05, 3.63) is 28.8 Å². The van der Waals surface area contributed by atoms with Crippen molar-refractivity contribution in [1.82, 2.24) is 10.6 Å². The second kappa shape index (κ2) is 5.51. The van der Waals surface area contributed by atoms with Gasteiger partial charge in [-0.25, -0.2) is 0 Å². The number of ether oxygens (including phenoxy) is 1. The monoisotopic (exact) mass is 262 g/mol. The van der Waals surface area contributed by atoms with Crippen LogP contribution in [0.1, 0.15) is 37.0 Å². The first-order valence-electron chi connectivity index (χ1n) is 7.04. The van der Waals surface area contributed by atoms with Crippen LogP contribution in [0, 0.1) is 13.8 Å².